The van der Waals surface area contributed by atoms with Crippen LogP contribution >= 0.6 is 11.3 Å². The molecule has 1 aromatic carbocycles. The minimum Gasteiger partial charge on any atom is -0.493 e. The smallest absolute Gasteiger partial charge is 0.281 e. The lowest BCUT2D eigenvalue weighted by Gasteiger charge is -2.15. The normalized spacial score (nSPS) is 16.2. The van der Waals surface area contributed by atoms with E-state index in [1.807, 2.05) is 30.3 Å². The van der Waals surface area contributed by atoms with Crippen molar-refractivity contribution in [3.05, 3.63) is 52.8 Å². The Kier molecular flexibility index (Phi) is 4.46. The number of carbonyl (C=O) groups excluding carboxylic acids is 1. The molecule has 0 saturated carbocycles. The molecule has 7 heteroatoms. The van der Waals surface area contributed by atoms with Gasteiger partial charge in [0.05, 0.1) is 24.7 Å². The summed E-state index contributed by atoms with van der Waals surface area (Å²) in [6, 6.07) is 9.62. The van der Waals surface area contributed by atoms with Gasteiger partial charge in [-0.15, -0.1) is 11.3 Å². The lowest BCUT2D eigenvalue weighted by molar-refractivity contribution is 0.101. The van der Waals surface area contributed by atoms with Gasteiger partial charge < -0.3 is 4.74 Å². The van der Waals surface area contributed by atoms with Crippen LogP contribution in [0.25, 0.3) is 5.69 Å². The molecule has 2 heterocycles. The summed E-state index contributed by atoms with van der Waals surface area (Å²) >= 11 is 1.56. The fourth-order valence-electron chi connectivity index (χ4n) is 3.13. The minimum atomic E-state index is -0.310. The summed E-state index contributed by atoms with van der Waals surface area (Å²) in [7, 11) is 1.53. The van der Waals surface area contributed by atoms with Crippen molar-refractivity contribution in [2.45, 2.75) is 26.2 Å². The topological polar surface area (TPSA) is 69.0 Å². The van der Waals surface area contributed by atoms with E-state index in [9.17, 15) is 4.79 Å². The zero-order valence-corrected chi connectivity index (χ0v) is 15.5. The van der Waals surface area contributed by atoms with Crippen molar-refractivity contribution < 1.29 is 9.53 Å². The van der Waals surface area contributed by atoms with E-state index in [-0.39, 0.29) is 11.6 Å². The molecule has 0 bridgehead atoms. The van der Waals surface area contributed by atoms with Gasteiger partial charge in [0.15, 0.2) is 16.6 Å². The number of anilines is 1. The number of hydrogen-bond acceptors (Lipinski definition) is 5. The Labute approximate surface area is 155 Å². The monoisotopic (exact) mass is 368 g/mol. The number of fused-ring (bicyclic) bond motifs is 1. The Morgan fingerprint density at radius 2 is 2.15 bits per heavy atom. The van der Waals surface area contributed by atoms with Crippen LogP contribution in [-0.2, 0) is 12.8 Å². The van der Waals surface area contributed by atoms with Gasteiger partial charge in [0.2, 0.25) is 0 Å². The Morgan fingerprint density at radius 3 is 2.92 bits per heavy atom. The number of aryl methyl sites for hydroxylation is 1. The first-order chi connectivity index (χ1) is 12.6. The second-order valence-electron chi connectivity index (χ2n) is 6.52. The van der Waals surface area contributed by atoms with Crippen LogP contribution in [0.2, 0.25) is 0 Å². The summed E-state index contributed by atoms with van der Waals surface area (Å²) in [5, 5.41) is 7.91. The minimum absolute atomic E-state index is 0.248. The van der Waals surface area contributed by atoms with Crippen molar-refractivity contribution >= 4 is 22.4 Å². The Hall–Kier alpha value is -2.67. The second-order valence-corrected chi connectivity index (χ2v) is 7.60. The first-order valence-electron chi connectivity index (χ1n) is 8.63. The maximum absolute atomic E-state index is 12.7. The lowest BCUT2D eigenvalue weighted by Crippen LogP contribution is -2.14. The molecule has 1 aliphatic carbocycles. The van der Waals surface area contributed by atoms with Crippen LogP contribution in [0.5, 0.6) is 5.75 Å². The van der Waals surface area contributed by atoms with Gasteiger partial charge in [0.25, 0.3) is 5.91 Å². The quantitative estimate of drug-likeness (QED) is 0.762. The number of para-hydroxylation sites is 1. The fourth-order valence-corrected chi connectivity index (χ4v) is 4.29. The number of nitrogens with one attached hydrogen (secondary N) is 1. The van der Waals surface area contributed by atoms with Gasteiger partial charge >= 0.3 is 0 Å². The number of aromatic nitrogens is 3. The van der Waals surface area contributed by atoms with Crippen LogP contribution in [-0.4, -0.2) is 27.8 Å². The molecule has 4 rings (SSSR count). The molecular weight excluding hydrogens is 348 g/mol. The number of nitrogens with zero attached hydrogens (tertiary/aromatic N) is 3. The molecule has 1 amide bonds. The molecule has 0 fully saturated rings. The van der Waals surface area contributed by atoms with Crippen molar-refractivity contribution in [3.63, 3.8) is 0 Å². The number of rotatable bonds is 4. The molecule has 0 unspecified atom stereocenters. The standard InChI is InChI=1S/C19H20N4O2S/c1-12-8-9-14-16(10-12)26-19(20-14)21-18(24)17-15(25-2)11-23(22-17)13-6-4-3-5-7-13/h3-7,11-12H,8-10H2,1-2H3,(H,20,21,24)/t12-/m0/s1. The highest BCUT2D eigenvalue weighted by Crippen LogP contribution is 2.32. The van der Waals surface area contributed by atoms with E-state index in [2.05, 4.69) is 22.3 Å². The zero-order valence-electron chi connectivity index (χ0n) is 14.7. The second kappa shape index (κ2) is 6.92. The Bertz CT molecular complexity index is 932. The third-order valence-electron chi connectivity index (χ3n) is 4.54. The Balaban J connectivity index is 1.58. The maximum atomic E-state index is 12.7. The van der Waals surface area contributed by atoms with E-state index in [1.54, 1.807) is 22.2 Å². The summed E-state index contributed by atoms with van der Waals surface area (Å²) in [6.45, 7) is 2.25. The number of hydrogen-bond donors (Lipinski definition) is 1. The lowest BCUT2D eigenvalue weighted by atomic mass is 9.93. The predicted octanol–water partition coefficient (Wildman–Crippen LogP) is 3.71. The van der Waals surface area contributed by atoms with Gasteiger partial charge in [-0.2, -0.15) is 5.10 Å². The van der Waals surface area contributed by atoms with Crippen LogP contribution in [0.15, 0.2) is 36.5 Å². The van der Waals surface area contributed by atoms with Crippen molar-refractivity contribution in [2.75, 3.05) is 12.4 Å². The molecule has 6 nitrogen and oxygen atoms in total. The molecule has 2 aromatic heterocycles. The van der Waals surface area contributed by atoms with Crippen LogP contribution < -0.4 is 10.1 Å². The van der Waals surface area contributed by atoms with Crippen LogP contribution in [0.1, 0.15) is 34.4 Å². The zero-order chi connectivity index (χ0) is 18.1. The molecular formula is C19H20N4O2S. The highest BCUT2D eigenvalue weighted by atomic mass is 32.1. The maximum Gasteiger partial charge on any atom is 0.281 e. The number of ether oxygens (including phenoxy) is 1. The number of thiazole rings is 1. The molecule has 26 heavy (non-hydrogen) atoms. The van der Waals surface area contributed by atoms with Gasteiger partial charge in [-0.1, -0.05) is 25.1 Å². The molecule has 0 radical (unpaired) electrons. The number of carbonyl (C=O) groups is 1. The highest BCUT2D eigenvalue weighted by Gasteiger charge is 2.23. The van der Waals surface area contributed by atoms with Crippen LogP contribution in [0.4, 0.5) is 5.13 Å². The molecule has 134 valence electrons. The highest BCUT2D eigenvalue weighted by molar-refractivity contribution is 7.15. The summed E-state index contributed by atoms with van der Waals surface area (Å²) in [5.41, 5.74) is 2.23. The van der Waals surface area contributed by atoms with E-state index in [4.69, 9.17) is 4.74 Å². The summed E-state index contributed by atoms with van der Waals surface area (Å²) in [6.07, 6.45) is 4.88. The summed E-state index contributed by atoms with van der Waals surface area (Å²) in [4.78, 5) is 18.6. The Morgan fingerprint density at radius 1 is 1.35 bits per heavy atom. The summed E-state index contributed by atoms with van der Waals surface area (Å²) in [5.74, 6) is 0.796. The van der Waals surface area contributed by atoms with Gasteiger partial charge in [0, 0.05) is 4.88 Å². The molecule has 0 saturated heterocycles. The van der Waals surface area contributed by atoms with E-state index < -0.39 is 0 Å². The van der Waals surface area contributed by atoms with Crippen molar-refractivity contribution in [2.24, 2.45) is 5.92 Å². The van der Waals surface area contributed by atoms with Crippen molar-refractivity contribution in [1.29, 1.82) is 0 Å². The van der Waals surface area contributed by atoms with Crippen molar-refractivity contribution in [1.82, 2.24) is 14.8 Å². The van der Waals surface area contributed by atoms with E-state index in [1.165, 1.54) is 12.0 Å². The fraction of sp³-hybridized carbons (Fsp3) is 0.316. The van der Waals surface area contributed by atoms with Gasteiger partial charge in [0.1, 0.15) is 0 Å². The van der Waals surface area contributed by atoms with Gasteiger partial charge in [-0.25, -0.2) is 9.67 Å². The summed E-state index contributed by atoms with van der Waals surface area (Å²) < 4.78 is 6.98. The molecule has 3 aromatic rings. The first-order valence-corrected chi connectivity index (χ1v) is 9.44. The molecule has 0 spiro atoms. The van der Waals surface area contributed by atoms with Crippen LogP contribution in [0, 0.1) is 5.92 Å². The number of methoxy groups -OCH3 is 1. The molecule has 1 aliphatic rings. The number of benzene rings is 1. The largest absolute Gasteiger partial charge is 0.493 e. The third-order valence-corrected chi connectivity index (χ3v) is 5.58. The van der Waals surface area contributed by atoms with E-state index >= 15 is 0 Å². The first kappa shape index (κ1) is 16.8. The van der Waals surface area contributed by atoms with Crippen LogP contribution in [0.3, 0.4) is 0 Å². The SMILES string of the molecule is COc1cn(-c2ccccc2)nc1C(=O)Nc1nc2c(s1)C[C@@H](C)CC2. The number of amides is 1. The van der Waals surface area contributed by atoms with E-state index in [0.29, 0.717) is 16.8 Å². The van der Waals surface area contributed by atoms with E-state index in [0.717, 1.165) is 30.6 Å². The average Bonchev–Trinajstić information content (AvgIpc) is 3.25. The van der Waals surface area contributed by atoms with Crippen molar-refractivity contribution in [3.8, 4) is 11.4 Å². The molecule has 1 N–H and O–H groups in total. The van der Waals surface area contributed by atoms with Gasteiger partial charge in [-0.3, -0.25) is 10.1 Å². The third kappa shape index (κ3) is 3.22. The molecule has 0 aliphatic heterocycles. The van der Waals surface area contributed by atoms with Gasteiger partial charge in [-0.05, 0) is 37.3 Å². The average molecular weight is 368 g/mol. The predicted molar refractivity (Wildman–Crippen MR) is 101 cm³/mol. The molecule has 1 atom stereocenters.